The molecule has 2 aromatic rings. The van der Waals surface area contributed by atoms with Gasteiger partial charge in [-0.3, -0.25) is 4.72 Å². The van der Waals surface area contributed by atoms with Gasteiger partial charge in [-0.15, -0.1) is 0 Å². The normalized spacial score (nSPS) is 11.1. The number of rotatable bonds is 4. The Morgan fingerprint density at radius 1 is 1.24 bits per heavy atom. The maximum absolute atomic E-state index is 12.2. The molecule has 2 radical (unpaired) electrons. The smallest absolute Gasteiger partial charge is 0.354 e. The fraction of sp³-hybridized carbons (Fsp3) is 0.0769. The van der Waals surface area contributed by atoms with Gasteiger partial charge in [0.2, 0.25) is 0 Å². The van der Waals surface area contributed by atoms with Crippen molar-refractivity contribution in [1.29, 1.82) is 0 Å². The minimum Gasteiger partial charge on any atom is -0.477 e. The van der Waals surface area contributed by atoms with Crippen molar-refractivity contribution in [1.82, 2.24) is 4.98 Å². The first-order valence-corrected chi connectivity index (χ1v) is 7.36. The van der Waals surface area contributed by atoms with Crippen molar-refractivity contribution >= 4 is 35.1 Å². The highest BCUT2D eigenvalue weighted by atomic mass is 32.2. The molecule has 0 atom stereocenters. The molecule has 8 heteroatoms. The van der Waals surface area contributed by atoms with Crippen LogP contribution >= 0.6 is 0 Å². The van der Waals surface area contributed by atoms with Crippen molar-refractivity contribution in [3.8, 4) is 0 Å². The average Bonchev–Trinajstić information content (AvgIpc) is 2.37. The van der Waals surface area contributed by atoms with Crippen molar-refractivity contribution in [3.05, 3.63) is 47.7 Å². The van der Waals surface area contributed by atoms with E-state index in [4.69, 9.17) is 13.0 Å². The number of sulfonamides is 1. The standard InChI is InChI=1S/C13H11BN2O4S/c1-8-2-4-10(5-3-8)21(19,20)16-12-7-9(14)6-11(15-12)13(17)18/h2-7H,1H3,(H,15,16)(H,17,18). The zero-order chi connectivity index (χ0) is 15.6. The zero-order valence-corrected chi connectivity index (χ0v) is 11.9. The van der Waals surface area contributed by atoms with E-state index in [9.17, 15) is 13.2 Å². The van der Waals surface area contributed by atoms with E-state index in [0.717, 1.165) is 11.6 Å². The molecule has 0 fully saturated rings. The van der Waals surface area contributed by atoms with Crippen LogP contribution in [0, 0.1) is 6.92 Å². The molecule has 0 saturated heterocycles. The quantitative estimate of drug-likeness (QED) is 0.810. The van der Waals surface area contributed by atoms with Gasteiger partial charge in [0.15, 0.2) is 0 Å². The predicted molar refractivity (Wildman–Crippen MR) is 78.6 cm³/mol. The molecule has 0 aliphatic heterocycles. The summed E-state index contributed by atoms with van der Waals surface area (Å²) in [7, 11) is 1.69. The Hall–Kier alpha value is -2.35. The van der Waals surface area contributed by atoms with Crippen LogP contribution < -0.4 is 10.2 Å². The van der Waals surface area contributed by atoms with Crippen LogP contribution in [-0.2, 0) is 10.0 Å². The summed E-state index contributed by atoms with van der Waals surface area (Å²) < 4.78 is 26.5. The Morgan fingerprint density at radius 2 is 1.86 bits per heavy atom. The van der Waals surface area contributed by atoms with E-state index < -0.39 is 16.0 Å². The van der Waals surface area contributed by atoms with Gasteiger partial charge in [0.25, 0.3) is 10.0 Å². The molecule has 1 aromatic heterocycles. The molecule has 0 amide bonds. The van der Waals surface area contributed by atoms with Gasteiger partial charge in [0, 0.05) is 0 Å². The number of hydrogen-bond donors (Lipinski definition) is 2. The van der Waals surface area contributed by atoms with Gasteiger partial charge in [-0.05, 0) is 31.2 Å². The summed E-state index contributed by atoms with van der Waals surface area (Å²) in [6.07, 6.45) is 0. The summed E-state index contributed by atoms with van der Waals surface area (Å²) in [6, 6.07) is 8.60. The number of hydrogen-bond acceptors (Lipinski definition) is 4. The van der Waals surface area contributed by atoms with Crippen LogP contribution in [0.2, 0.25) is 0 Å². The lowest BCUT2D eigenvalue weighted by Crippen LogP contribution is -2.18. The largest absolute Gasteiger partial charge is 0.477 e. The van der Waals surface area contributed by atoms with Crippen molar-refractivity contribution in [2.45, 2.75) is 11.8 Å². The van der Waals surface area contributed by atoms with Crippen LogP contribution in [0.4, 0.5) is 5.82 Å². The molecule has 1 heterocycles. The number of nitrogens with one attached hydrogen (secondary N) is 1. The number of aromatic carboxylic acids is 1. The number of aromatic nitrogens is 1. The van der Waals surface area contributed by atoms with E-state index in [-0.39, 0.29) is 21.9 Å². The average molecular weight is 302 g/mol. The highest BCUT2D eigenvalue weighted by Crippen LogP contribution is 2.14. The summed E-state index contributed by atoms with van der Waals surface area (Å²) in [6.45, 7) is 1.84. The van der Waals surface area contributed by atoms with Gasteiger partial charge < -0.3 is 5.11 Å². The number of carboxylic acids is 1. The zero-order valence-electron chi connectivity index (χ0n) is 11.1. The number of anilines is 1. The van der Waals surface area contributed by atoms with Crippen LogP contribution in [0.15, 0.2) is 41.3 Å². The molecular weight excluding hydrogens is 291 g/mol. The van der Waals surface area contributed by atoms with E-state index in [2.05, 4.69) is 9.71 Å². The highest BCUT2D eigenvalue weighted by molar-refractivity contribution is 7.92. The van der Waals surface area contributed by atoms with Crippen LogP contribution in [0.1, 0.15) is 16.1 Å². The van der Waals surface area contributed by atoms with Gasteiger partial charge in [0.05, 0.1) is 4.90 Å². The van der Waals surface area contributed by atoms with Crippen molar-refractivity contribution in [3.63, 3.8) is 0 Å². The van der Waals surface area contributed by atoms with Crippen molar-refractivity contribution < 1.29 is 18.3 Å². The molecule has 0 aliphatic rings. The molecule has 2 rings (SSSR count). The Bertz CT molecular complexity index is 788. The number of carboxylic acid groups (broad SMARTS) is 1. The Balaban J connectivity index is 2.36. The molecule has 21 heavy (non-hydrogen) atoms. The Labute approximate surface area is 123 Å². The first-order valence-electron chi connectivity index (χ1n) is 5.88. The van der Waals surface area contributed by atoms with E-state index in [1.165, 1.54) is 18.2 Å². The minimum atomic E-state index is -3.85. The lowest BCUT2D eigenvalue weighted by molar-refractivity contribution is 0.0690. The molecule has 1 aromatic carbocycles. The number of carbonyl (C=O) groups is 1. The first-order chi connectivity index (χ1) is 9.78. The third-order valence-corrected chi connectivity index (χ3v) is 4.01. The summed E-state index contributed by atoms with van der Waals surface area (Å²) in [5.41, 5.74) is 0.685. The van der Waals surface area contributed by atoms with Gasteiger partial charge in [-0.2, -0.15) is 0 Å². The topological polar surface area (TPSA) is 96.4 Å². The van der Waals surface area contributed by atoms with Gasteiger partial charge in [0.1, 0.15) is 19.4 Å². The first kappa shape index (κ1) is 15.1. The second-order valence-corrected chi connectivity index (χ2v) is 6.08. The number of nitrogens with zero attached hydrogens (tertiary/aromatic N) is 1. The predicted octanol–water partition coefficient (Wildman–Crippen LogP) is 0.683. The van der Waals surface area contributed by atoms with Gasteiger partial charge >= 0.3 is 5.97 Å². The monoisotopic (exact) mass is 302 g/mol. The molecule has 2 N–H and O–H groups in total. The Kier molecular flexibility index (Phi) is 3.99. The van der Waals surface area contributed by atoms with Crippen LogP contribution in [0.3, 0.4) is 0 Å². The number of aryl methyl sites for hydroxylation is 1. The highest BCUT2D eigenvalue weighted by Gasteiger charge is 2.16. The second kappa shape index (κ2) is 5.57. The molecule has 0 saturated carbocycles. The maximum Gasteiger partial charge on any atom is 0.354 e. The van der Waals surface area contributed by atoms with Crippen LogP contribution in [-0.4, -0.2) is 32.3 Å². The molecule has 0 aliphatic carbocycles. The molecule has 0 spiro atoms. The molecule has 6 nitrogen and oxygen atoms in total. The van der Waals surface area contributed by atoms with Crippen LogP contribution in [0.25, 0.3) is 0 Å². The molecule has 0 bridgehead atoms. The molecule has 0 unspecified atom stereocenters. The van der Waals surface area contributed by atoms with Gasteiger partial charge in [-0.25, -0.2) is 18.2 Å². The number of benzene rings is 1. The summed E-state index contributed by atoms with van der Waals surface area (Å²) in [4.78, 5) is 14.6. The summed E-state index contributed by atoms with van der Waals surface area (Å²) in [5.74, 6) is -1.44. The minimum absolute atomic E-state index is 0.0502. The van der Waals surface area contributed by atoms with Crippen molar-refractivity contribution in [2.75, 3.05) is 4.72 Å². The molecular formula is C13H11BN2O4S. The van der Waals surface area contributed by atoms with E-state index in [1.807, 2.05) is 6.92 Å². The fourth-order valence-corrected chi connectivity index (χ4v) is 2.62. The number of pyridine rings is 1. The lowest BCUT2D eigenvalue weighted by Gasteiger charge is -2.09. The maximum atomic E-state index is 12.2. The summed E-state index contributed by atoms with van der Waals surface area (Å²) in [5, 5.41) is 8.88. The van der Waals surface area contributed by atoms with E-state index in [0.29, 0.717) is 0 Å². The van der Waals surface area contributed by atoms with Crippen molar-refractivity contribution in [2.24, 2.45) is 0 Å². The fourth-order valence-electron chi connectivity index (χ4n) is 1.63. The van der Waals surface area contributed by atoms with E-state index >= 15 is 0 Å². The molecule has 106 valence electrons. The van der Waals surface area contributed by atoms with E-state index in [1.54, 1.807) is 12.1 Å². The lowest BCUT2D eigenvalue weighted by atomic mass is 9.96. The summed E-state index contributed by atoms with van der Waals surface area (Å²) >= 11 is 0. The third kappa shape index (κ3) is 3.60. The third-order valence-electron chi connectivity index (χ3n) is 2.64. The SMILES string of the molecule is [B]c1cc(NS(=O)(=O)c2ccc(C)cc2)nc(C(=O)O)c1. The van der Waals surface area contributed by atoms with Gasteiger partial charge in [-0.1, -0.05) is 23.2 Å². The second-order valence-electron chi connectivity index (χ2n) is 4.39. The Morgan fingerprint density at radius 3 is 2.43 bits per heavy atom. The van der Waals surface area contributed by atoms with Crippen LogP contribution in [0.5, 0.6) is 0 Å².